The first-order valence-corrected chi connectivity index (χ1v) is 5.39. The fourth-order valence-corrected chi connectivity index (χ4v) is 3.15. The molecule has 2 rings (SSSR count). The summed E-state index contributed by atoms with van der Waals surface area (Å²) in [5.74, 6) is 0.481. The van der Waals surface area contributed by atoms with E-state index >= 15 is 0 Å². The number of aliphatic hydroxyl groups is 1. The third-order valence-corrected chi connectivity index (χ3v) is 3.95. The van der Waals surface area contributed by atoms with Gasteiger partial charge >= 0.3 is 0 Å². The molecule has 2 saturated carbocycles. The van der Waals surface area contributed by atoms with Crippen molar-refractivity contribution < 1.29 is 5.11 Å². The molecular weight excluding hydrogens is 162 g/mol. The highest BCUT2D eigenvalue weighted by Gasteiger charge is 2.48. The quantitative estimate of drug-likeness (QED) is 0.619. The lowest BCUT2D eigenvalue weighted by molar-refractivity contribution is -0.0387. The number of nitriles is 1. The Labute approximate surface area is 79.6 Å². The lowest BCUT2D eigenvalue weighted by Gasteiger charge is -2.45. The van der Waals surface area contributed by atoms with Crippen molar-refractivity contribution in [1.82, 2.24) is 0 Å². The summed E-state index contributed by atoms with van der Waals surface area (Å²) in [7, 11) is 0. The van der Waals surface area contributed by atoms with Gasteiger partial charge < -0.3 is 5.11 Å². The van der Waals surface area contributed by atoms with E-state index in [1.807, 2.05) is 0 Å². The molecule has 2 nitrogen and oxygen atoms in total. The molecule has 0 saturated heterocycles. The van der Waals surface area contributed by atoms with Crippen molar-refractivity contribution in [1.29, 1.82) is 5.26 Å². The van der Waals surface area contributed by atoms with Gasteiger partial charge in [-0.3, -0.25) is 0 Å². The highest BCUT2D eigenvalue weighted by atomic mass is 16.3. The van der Waals surface area contributed by atoms with Crippen LogP contribution in [0.15, 0.2) is 0 Å². The molecule has 0 bridgehead atoms. The zero-order chi connectivity index (χ0) is 9.31. The van der Waals surface area contributed by atoms with Gasteiger partial charge in [0, 0.05) is 0 Å². The lowest BCUT2D eigenvalue weighted by Crippen LogP contribution is -2.45. The van der Waals surface area contributed by atoms with E-state index in [1.165, 1.54) is 6.42 Å². The van der Waals surface area contributed by atoms with Gasteiger partial charge in [-0.05, 0) is 31.6 Å². The molecule has 72 valence electrons. The van der Waals surface area contributed by atoms with Crippen LogP contribution >= 0.6 is 0 Å². The SMILES string of the molecule is N#C[C@]12CCCCC1CCC[C@@H]2O. The number of nitrogens with zero attached hydrogens (tertiary/aromatic N) is 1. The van der Waals surface area contributed by atoms with Crippen LogP contribution in [-0.2, 0) is 0 Å². The molecule has 0 radical (unpaired) electrons. The molecule has 3 atom stereocenters. The maximum Gasteiger partial charge on any atom is 0.0860 e. The van der Waals surface area contributed by atoms with Crippen LogP contribution in [0.2, 0.25) is 0 Å². The first-order chi connectivity index (χ1) is 6.29. The highest BCUT2D eigenvalue weighted by molar-refractivity contribution is 5.10. The molecular formula is C11H17NO. The van der Waals surface area contributed by atoms with Gasteiger partial charge in [-0.25, -0.2) is 0 Å². The maximum absolute atomic E-state index is 9.93. The number of hydrogen-bond donors (Lipinski definition) is 1. The third kappa shape index (κ3) is 1.26. The second-order valence-corrected chi connectivity index (χ2v) is 4.54. The number of rotatable bonds is 0. The van der Waals surface area contributed by atoms with E-state index in [1.54, 1.807) is 0 Å². The van der Waals surface area contributed by atoms with Crippen LogP contribution in [0.3, 0.4) is 0 Å². The van der Waals surface area contributed by atoms with Crippen molar-refractivity contribution in [3.8, 4) is 6.07 Å². The fraction of sp³-hybridized carbons (Fsp3) is 0.909. The van der Waals surface area contributed by atoms with Crippen LogP contribution in [0, 0.1) is 22.7 Å². The minimum atomic E-state index is -0.365. The molecule has 13 heavy (non-hydrogen) atoms. The zero-order valence-electron chi connectivity index (χ0n) is 8.00. The molecule has 0 spiro atoms. The minimum Gasteiger partial charge on any atom is -0.391 e. The van der Waals surface area contributed by atoms with Crippen molar-refractivity contribution in [3.05, 3.63) is 0 Å². The second-order valence-electron chi connectivity index (χ2n) is 4.54. The Morgan fingerprint density at radius 3 is 2.62 bits per heavy atom. The lowest BCUT2D eigenvalue weighted by atomic mass is 9.59. The molecule has 1 unspecified atom stereocenters. The van der Waals surface area contributed by atoms with Gasteiger partial charge in [0.2, 0.25) is 0 Å². The van der Waals surface area contributed by atoms with Gasteiger partial charge in [-0.15, -0.1) is 0 Å². The Bertz CT molecular complexity index is 231. The van der Waals surface area contributed by atoms with Gasteiger partial charge in [0.15, 0.2) is 0 Å². The topological polar surface area (TPSA) is 44.0 Å². The van der Waals surface area contributed by atoms with E-state index in [-0.39, 0.29) is 11.5 Å². The molecule has 2 aliphatic carbocycles. The van der Waals surface area contributed by atoms with E-state index < -0.39 is 0 Å². The van der Waals surface area contributed by atoms with Gasteiger partial charge in [0.05, 0.1) is 17.6 Å². The molecule has 0 aromatic heterocycles. The van der Waals surface area contributed by atoms with E-state index in [9.17, 15) is 10.4 Å². The van der Waals surface area contributed by atoms with Gasteiger partial charge in [-0.2, -0.15) is 5.26 Å². The molecule has 0 aliphatic heterocycles. The Kier molecular flexibility index (Phi) is 2.29. The molecule has 0 aromatic rings. The summed E-state index contributed by atoms with van der Waals surface area (Å²) in [5.41, 5.74) is -0.365. The molecule has 2 aliphatic rings. The number of fused-ring (bicyclic) bond motifs is 1. The van der Waals surface area contributed by atoms with Crippen molar-refractivity contribution in [3.63, 3.8) is 0 Å². The van der Waals surface area contributed by atoms with Gasteiger partial charge in [0.25, 0.3) is 0 Å². The number of aliphatic hydroxyl groups excluding tert-OH is 1. The second kappa shape index (κ2) is 3.31. The van der Waals surface area contributed by atoms with Crippen molar-refractivity contribution in [2.24, 2.45) is 11.3 Å². The smallest absolute Gasteiger partial charge is 0.0860 e. The predicted molar refractivity (Wildman–Crippen MR) is 49.9 cm³/mol. The van der Waals surface area contributed by atoms with E-state index in [0.29, 0.717) is 5.92 Å². The predicted octanol–water partition coefficient (Wildman–Crippen LogP) is 2.23. The molecule has 2 fully saturated rings. The van der Waals surface area contributed by atoms with Crippen molar-refractivity contribution >= 4 is 0 Å². The average molecular weight is 179 g/mol. The first kappa shape index (κ1) is 9.02. The van der Waals surface area contributed by atoms with Gasteiger partial charge in [-0.1, -0.05) is 19.3 Å². The summed E-state index contributed by atoms with van der Waals surface area (Å²) in [6.45, 7) is 0. The summed E-state index contributed by atoms with van der Waals surface area (Å²) in [4.78, 5) is 0. The highest BCUT2D eigenvalue weighted by Crippen LogP contribution is 2.49. The first-order valence-electron chi connectivity index (χ1n) is 5.39. The Hall–Kier alpha value is -0.550. The van der Waals surface area contributed by atoms with Crippen LogP contribution in [0.25, 0.3) is 0 Å². The van der Waals surface area contributed by atoms with Crippen LogP contribution in [0.4, 0.5) is 0 Å². The van der Waals surface area contributed by atoms with E-state index in [2.05, 4.69) is 6.07 Å². The fourth-order valence-electron chi connectivity index (χ4n) is 3.15. The van der Waals surface area contributed by atoms with Crippen LogP contribution in [-0.4, -0.2) is 11.2 Å². The average Bonchev–Trinajstić information content (AvgIpc) is 2.19. The molecule has 2 heteroatoms. The van der Waals surface area contributed by atoms with Crippen LogP contribution in [0.1, 0.15) is 44.9 Å². The third-order valence-electron chi connectivity index (χ3n) is 3.95. The van der Waals surface area contributed by atoms with E-state index in [0.717, 1.165) is 38.5 Å². The van der Waals surface area contributed by atoms with Crippen LogP contribution in [0.5, 0.6) is 0 Å². The summed E-state index contributed by atoms with van der Waals surface area (Å²) < 4.78 is 0. The van der Waals surface area contributed by atoms with E-state index in [4.69, 9.17) is 0 Å². The largest absolute Gasteiger partial charge is 0.391 e. The Balaban J connectivity index is 2.25. The summed E-state index contributed by atoms with van der Waals surface area (Å²) in [6.07, 6.45) is 7.21. The summed E-state index contributed by atoms with van der Waals surface area (Å²) in [6, 6.07) is 2.42. The van der Waals surface area contributed by atoms with Crippen molar-refractivity contribution in [2.75, 3.05) is 0 Å². The minimum absolute atomic E-state index is 0.350. The molecule has 1 N–H and O–H groups in total. The normalized spacial score (nSPS) is 44.9. The zero-order valence-corrected chi connectivity index (χ0v) is 8.00. The maximum atomic E-state index is 9.93. The Morgan fingerprint density at radius 2 is 1.92 bits per heavy atom. The Morgan fingerprint density at radius 1 is 1.15 bits per heavy atom. The van der Waals surface area contributed by atoms with Crippen LogP contribution < -0.4 is 0 Å². The summed E-state index contributed by atoms with van der Waals surface area (Å²) in [5, 5.41) is 19.2. The standard InChI is InChI=1S/C11H17NO/c12-8-11-7-2-1-4-9(11)5-3-6-10(11)13/h9-10,13H,1-7H2/t9?,10-,11+/m0/s1. The molecule has 0 heterocycles. The molecule has 0 amide bonds. The number of hydrogen-bond acceptors (Lipinski definition) is 2. The summed E-state index contributed by atoms with van der Waals surface area (Å²) >= 11 is 0. The van der Waals surface area contributed by atoms with Crippen molar-refractivity contribution in [2.45, 2.75) is 51.0 Å². The van der Waals surface area contributed by atoms with Gasteiger partial charge in [0.1, 0.15) is 0 Å². The monoisotopic (exact) mass is 179 g/mol. The molecule has 0 aromatic carbocycles.